The maximum atomic E-state index is 13.5. The summed E-state index contributed by atoms with van der Waals surface area (Å²) in [5.41, 5.74) is 1.89. The predicted octanol–water partition coefficient (Wildman–Crippen LogP) is 3.26. The van der Waals surface area contributed by atoms with Crippen LogP contribution in [0.2, 0.25) is 0 Å². The summed E-state index contributed by atoms with van der Waals surface area (Å²) in [4.78, 5) is 43.0. The number of para-hydroxylation sites is 2. The molecule has 2 N–H and O–H groups in total. The number of likely N-dealkylation sites (N-methyl/N-ethyl adjacent to an activating group) is 1. The molecule has 7 nitrogen and oxygen atoms in total. The third kappa shape index (κ3) is 4.66. The van der Waals surface area contributed by atoms with Crippen molar-refractivity contribution in [2.24, 2.45) is 0 Å². The highest BCUT2D eigenvalue weighted by molar-refractivity contribution is 6.05. The minimum Gasteiger partial charge on any atom is -0.363 e. The van der Waals surface area contributed by atoms with Crippen molar-refractivity contribution in [2.45, 2.75) is 31.0 Å². The number of nitrogens with one attached hydrogen (secondary N) is 2. The number of halogens is 1. The first-order valence-electron chi connectivity index (χ1n) is 11.9. The highest BCUT2D eigenvalue weighted by atomic mass is 19.1. The van der Waals surface area contributed by atoms with E-state index in [1.165, 1.54) is 12.1 Å². The monoisotopic (exact) mass is 486 g/mol. The van der Waals surface area contributed by atoms with Crippen LogP contribution in [0, 0.1) is 5.82 Å². The Balaban J connectivity index is 1.37. The lowest BCUT2D eigenvalue weighted by molar-refractivity contribution is -0.129. The van der Waals surface area contributed by atoms with Crippen LogP contribution in [0.3, 0.4) is 0 Å². The standard InChI is InChI=1S/C28H27FN4O3/c1-32-23-9-5-6-10-24(23)33(17-19-11-13-21(29)14-12-19)18-22(26(32)35)30-27(36)28(15-16-28)31-25(34)20-7-3-2-4-8-20/h2-14,22H,15-18H2,1H3,(H,30,36)(H,31,34)/t22-/m1/s1. The van der Waals surface area contributed by atoms with E-state index in [1.807, 2.05) is 35.2 Å². The molecule has 0 saturated heterocycles. The third-order valence-corrected chi connectivity index (χ3v) is 6.78. The smallest absolute Gasteiger partial charge is 0.252 e. The molecule has 184 valence electrons. The molecule has 1 aliphatic carbocycles. The predicted molar refractivity (Wildman–Crippen MR) is 135 cm³/mol. The molecular weight excluding hydrogens is 459 g/mol. The topological polar surface area (TPSA) is 81.8 Å². The van der Waals surface area contributed by atoms with E-state index in [0.29, 0.717) is 24.9 Å². The molecule has 3 amide bonds. The van der Waals surface area contributed by atoms with E-state index in [1.54, 1.807) is 48.3 Å². The Morgan fingerprint density at radius 3 is 2.25 bits per heavy atom. The van der Waals surface area contributed by atoms with Gasteiger partial charge in [-0.3, -0.25) is 14.4 Å². The molecule has 1 atom stereocenters. The zero-order valence-corrected chi connectivity index (χ0v) is 19.9. The van der Waals surface area contributed by atoms with E-state index >= 15 is 0 Å². The summed E-state index contributed by atoms with van der Waals surface area (Å²) in [7, 11) is 1.69. The van der Waals surface area contributed by atoms with Gasteiger partial charge in [0.1, 0.15) is 17.4 Å². The Hall–Kier alpha value is -4.20. The number of carbonyl (C=O) groups excluding carboxylic acids is 3. The minimum atomic E-state index is -1.02. The summed E-state index contributed by atoms with van der Waals surface area (Å²) in [5, 5.41) is 5.78. The number of rotatable bonds is 6. The van der Waals surface area contributed by atoms with E-state index in [4.69, 9.17) is 0 Å². The van der Waals surface area contributed by atoms with Crippen LogP contribution in [0.1, 0.15) is 28.8 Å². The molecule has 0 spiro atoms. The van der Waals surface area contributed by atoms with Crippen molar-refractivity contribution >= 4 is 29.1 Å². The summed E-state index contributed by atoms with van der Waals surface area (Å²) in [6.07, 6.45) is 1.02. The summed E-state index contributed by atoms with van der Waals surface area (Å²) >= 11 is 0. The zero-order valence-electron chi connectivity index (χ0n) is 19.9. The number of benzene rings is 3. The highest BCUT2D eigenvalue weighted by Gasteiger charge is 2.52. The molecule has 5 rings (SSSR count). The number of nitrogens with zero attached hydrogens (tertiary/aromatic N) is 2. The van der Waals surface area contributed by atoms with E-state index in [-0.39, 0.29) is 30.1 Å². The zero-order chi connectivity index (χ0) is 25.3. The quantitative estimate of drug-likeness (QED) is 0.561. The molecule has 8 heteroatoms. The number of carbonyl (C=O) groups is 3. The second kappa shape index (κ2) is 9.45. The van der Waals surface area contributed by atoms with Crippen molar-refractivity contribution < 1.29 is 18.8 Å². The normalized spacial score (nSPS) is 18.2. The Morgan fingerprint density at radius 2 is 1.58 bits per heavy atom. The average molecular weight is 487 g/mol. The first kappa shape index (κ1) is 23.5. The summed E-state index contributed by atoms with van der Waals surface area (Å²) in [6, 6.07) is 21.7. The first-order valence-corrected chi connectivity index (χ1v) is 11.9. The van der Waals surface area contributed by atoms with Gasteiger partial charge in [-0.25, -0.2) is 4.39 Å². The summed E-state index contributed by atoms with van der Waals surface area (Å²) in [5.74, 6) is -1.26. The van der Waals surface area contributed by atoms with Crippen LogP contribution in [0.25, 0.3) is 0 Å². The van der Waals surface area contributed by atoms with Gasteiger partial charge in [-0.1, -0.05) is 42.5 Å². The molecule has 1 fully saturated rings. The number of hydrogen-bond acceptors (Lipinski definition) is 4. The van der Waals surface area contributed by atoms with Crippen LogP contribution in [0.4, 0.5) is 15.8 Å². The fourth-order valence-electron chi connectivity index (χ4n) is 4.54. The Kier molecular flexibility index (Phi) is 6.18. The van der Waals surface area contributed by atoms with Crippen molar-refractivity contribution in [3.05, 3.63) is 95.8 Å². The van der Waals surface area contributed by atoms with Crippen LogP contribution < -0.4 is 20.4 Å². The molecular formula is C28H27FN4O3. The molecule has 0 aromatic heterocycles. The molecule has 2 aliphatic rings. The Labute approximate surface area is 208 Å². The largest absolute Gasteiger partial charge is 0.363 e. The lowest BCUT2D eigenvalue weighted by Crippen LogP contribution is -2.57. The van der Waals surface area contributed by atoms with Crippen molar-refractivity contribution in [3.63, 3.8) is 0 Å². The number of fused-ring (bicyclic) bond motifs is 1. The lowest BCUT2D eigenvalue weighted by atomic mass is 10.1. The van der Waals surface area contributed by atoms with Crippen molar-refractivity contribution in [3.8, 4) is 0 Å². The number of hydrogen-bond donors (Lipinski definition) is 2. The Bertz CT molecular complexity index is 1290. The molecule has 0 bridgehead atoms. The molecule has 1 saturated carbocycles. The van der Waals surface area contributed by atoms with Crippen molar-refractivity contribution in [1.82, 2.24) is 10.6 Å². The van der Waals surface area contributed by atoms with Gasteiger partial charge in [0.05, 0.1) is 11.4 Å². The van der Waals surface area contributed by atoms with E-state index < -0.39 is 11.6 Å². The molecule has 1 aliphatic heterocycles. The molecule has 3 aromatic rings. The van der Waals surface area contributed by atoms with Crippen LogP contribution >= 0.6 is 0 Å². The number of amides is 3. The molecule has 3 aromatic carbocycles. The summed E-state index contributed by atoms with van der Waals surface area (Å²) < 4.78 is 13.5. The van der Waals surface area contributed by atoms with Gasteiger partial charge in [-0.2, -0.15) is 0 Å². The third-order valence-electron chi connectivity index (χ3n) is 6.78. The highest BCUT2D eigenvalue weighted by Crippen LogP contribution is 2.37. The minimum absolute atomic E-state index is 0.228. The van der Waals surface area contributed by atoms with Gasteiger partial charge in [0.15, 0.2) is 0 Å². The van der Waals surface area contributed by atoms with Gasteiger partial charge in [-0.05, 0) is 54.8 Å². The van der Waals surface area contributed by atoms with Gasteiger partial charge in [0.25, 0.3) is 11.8 Å². The van der Waals surface area contributed by atoms with Gasteiger partial charge < -0.3 is 20.4 Å². The summed E-state index contributed by atoms with van der Waals surface area (Å²) in [6.45, 7) is 0.659. The SMILES string of the molecule is CN1C(=O)[C@H](NC(=O)C2(NC(=O)c3ccccc3)CC2)CN(Cc2ccc(F)cc2)c2ccccc21. The number of anilines is 2. The first-order chi connectivity index (χ1) is 17.4. The molecule has 0 unspecified atom stereocenters. The molecule has 36 heavy (non-hydrogen) atoms. The lowest BCUT2D eigenvalue weighted by Gasteiger charge is -2.28. The van der Waals surface area contributed by atoms with E-state index in [9.17, 15) is 18.8 Å². The van der Waals surface area contributed by atoms with Crippen molar-refractivity contribution in [1.29, 1.82) is 0 Å². The fourth-order valence-corrected chi connectivity index (χ4v) is 4.54. The van der Waals surface area contributed by atoms with Crippen LogP contribution in [-0.4, -0.2) is 42.9 Å². The Morgan fingerprint density at radius 1 is 0.944 bits per heavy atom. The van der Waals surface area contributed by atoms with Gasteiger partial charge in [-0.15, -0.1) is 0 Å². The maximum absolute atomic E-state index is 13.5. The molecule has 1 heterocycles. The van der Waals surface area contributed by atoms with Gasteiger partial charge >= 0.3 is 0 Å². The van der Waals surface area contributed by atoms with Crippen LogP contribution in [0.5, 0.6) is 0 Å². The van der Waals surface area contributed by atoms with E-state index in [2.05, 4.69) is 10.6 Å². The maximum Gasteiger partial charge on any atom is 0.252 e. The second-order valence-corrected chi connectivity index (χ2v) is 9.32. The van der Waals surface area contributed by atoms with Crippen molar-refractivity contribution in [2.75, 3.05) is 23.4 Å². The van der Waals surface area contributed by atoms with E-state index in [0.717, 1.165) is 16.9 Å². The van der Waals surface area contributed by atoms with Gasteiger partial charge in [0, 0.05) is 25.7 Å². The average Bonchev–Trinajstić information content (AvgIpc) is 3.69. The fraction of sp³-hybridized carbons (Fsp3) is 0.250. The van der Waals surface area contributed by atoms with Gasteiger partial charge in [0.2, 0.25) is 5.91 Å². The van der Waals surface area contributed by atoms with Crippen LogP contribution in [0.15, 0.2) is 78.9 Å². The van der Waals surface area contributed by atoms with Crippen LogP contribution in [-0.2, 0) is 16.1 Å². The second-order valence-electron chi connectivity index (χ2n) is 9.32. The molecule has 0 radical (unpaired) electrons.